The standard InChI is InChI=1S/C16H26BrNO4/c1-5-21-15(20)14(13(19)10-17)18-22-16(3,4)12-8-6-11(2)7-9-12/h11-12H,5-10H2,1-4H3/b18-14-. The van der Waals surface area contributed by atoms with Crippen LogP contribution in [-0.4, -0.2) is 35.0 Å². The third kappa shape index (κ3) is 5.38. The molecule has 0 unspecified atom stereocenters. The Hall–Kier alpha value is -0.910. The molecule has 0 spiro atoms. The Morgan fingerprint density at radius 1 is 1.23 bits per heavy atom. The van der Waals surface area contributed by atoms with Crippen molar-refractivity contribution < 1.29 is 19.2 Å². The smallest absolute Gasteiger partial charge is 0.364 e. The van der Waals surface area contributed by atoms with E-state index in [9.17, 15) is 9.59 Å². The summed E-state index contributed by atoms with van der Waals surface area (Å²) < 4.78 is 4.86. The normalized spacial score (nSPS) is 23.0. The van der Waals surface area contributed by atoms with Crippen molar-refractivity contribution in [1.82, 2.24) is 0 Å². The van der Waals surface area contributed by atoms with E-state index in [2.05, 4.69) is 28.0 Å². The van der Waals surface area contributed by atoms with Crippen molar-refractivity contribution in [2.75, 3.05) is 11.9 Å². The molecule has 0 saturated heterocycles. The van der Waals surface area contributed by atoms with Crippen LogP contribution in [-0.2, 0) is 19.2 Å². The number of carbonyl (C=O) groups is 2. The molecule has 5 nitrogen and oxygen atoms in total. The highest BCUT2D eigenvalue weighted by Crippen LogP contribution is 2.37. The second-order valence-corrected chi connectivity index (χ2v) is 6.93. The number of hydrogen-bond donors (Lipinski definition) is 0. The average Bonchev–Trinajstić information content (AvgIpc) is 2.47. The molecule has 0 aromatic carbocycles. The van der Waals surface area contributed by atoms with Gasteiger partial charge in [0.2, 0.25) is 11.5 Å². The summed E-state index contributed by atoms with van der Waals surface area (Å²) in [5, 5.41) is 3.85. The molecule has 0 radical (unpaired) electrons. The first kappa shape index (κ1) is 19.1. The van der Waals surface area contributed by atoms with Gasteiger partial charge in [-0.25, -0.2) is 4.79 Å². The summed E-state index contributed by atoms with van der Waals surface area (Å²) in [6.45, 7) is 8.05. The number of hydrogen-bond acceptors (Lipinski definition) is 5. The number of halogens is 1. The van der Waals surface area contributed by atoms with Crippen LogP contribution in [0.2, 0.25) is 0 Å². The molecule has 1 aliphatic rings. The number of oxime groups is 1. The number of alkyl halides is 1. The van der Waals surface area contributed by atoms with E-state index in [0.717, 1.165) is 18.8 Å². The molecule has 22 heavy (non-hydrogen) atoms. The molecule has 1 aliphatic carbocycles. The topological polar surface area (TPSA) is 65.0 Å². The fourth-order valence-electron chi connectivity index (χ4n) is 2.66. The number of ketones is 1. The first-order valence-electron chi connectivity index (χ1n) is 7.84. The second-order valence-electron chi connectivity index (χ2n) is 6.37. The molecule has 0 atom stereocenters. The first-order chi connectivity index (χ1) is 10.3. The van der Waals surface area contributed by atoms with Gasteiger partial charge in [-0.1, -0.05) is 40.9 Å². The highest BCUT2D eigenvalue weighted by Gasteiger charge is 2.35. The number of rotatable bonds is 7. The molecule has 0 aliphatic heterocycles. The van der Waals surface area contributed by atoms with Gasteiger partial charge in [-0.3, -0.25) is 4.79 Å². The Kier molecular flexibility index (Phi) is 7.53. The summed E-state index contributed by atoms with van der Waals surface area (Å²) in [5.74, 6) is -0.0536. The van der Waals surface area contributed by atoms with Gasteiger partial charge in [0.05, 0.1) is 11.9 Å². The maximum atomic E-state index is 11.8. The predicted molar refractivity (Wildman–Crippen MR) is 89.2 cm³/mol. The van der Waals surface area contributed by atoms with Crippen molar-refractivity contribution in [3.8, 4) is 0 Å². The second kappa shape index (κ2) is 8.65. The quantitative estimate of drug-likeness (QED) is 0.224. The van der Waals surface area contributed by atoms with Gasteiger partial charge < -0.3 is 9.57 Å². The number of nitrogens with zero attached hydrogens (tertiary/aromatic N) is 1. The Balaban J connectivity index is 2.79. The molecular formula is C16H26BrNO4. The van der Waals surface area contributed by atoms with E-state index < -0.39 is 17.4 Å². The molecule has 1 fully saturated rings. The van der Waals surface area contributed by atoms with Crippen LogP contribution >= 0.6 is 15.9 Å². The zero-order valence-electron chi connectivity index (χ0n) is 13.9. The van der Waals surface area contributed by atoms with Gasteiger partial charge in [-0.05, 0) is 39.5 Å². The monoisotopic (exact) mass is 375 g/mol. The lowest BCUT2D eigenvalue weighted by Crippen LogP contribution is -2.37. The van der Waals surface area contributed by atoms with Gasteiger partial charge in [-0.15, -0.1) is 0 Å². The van der Waals surface area contributed by atoms with Crippen LogP contribution < -0.4 is 0 Å². The molecule has 0 bridgehead atoms. The molecule has 126 valence electrons. The SMILES string of the molecule is CCOC(=O)/C(=N\OC(C)(C)C1CCC(C)CC1)C(=O)CBr. The zero-order valence-corrected chi connectivity index (χ0v) is 15.4. The van der Waals surface area contributed by atoms with Crippen LogP contribution in [0.3, 0.4) is 0 Å². The van der Waals surface area contributed by atoms with Gasteiger partial charge in [0, 0.05) is 5.92 Å². The lowest BCUT2D eigenvalue weighted by molar-refractivity contribution is -0.136. The molecular weight excluding hydrogens is 350 g/mol. The van der Waals surface area contributed by atoms with Crippen molar-refractivity contribution in [3.63, 3.8) is 0 Å². The Bertz CT molecular complexity index is 426. The van der Waals surface area contributed by atoms with Crippen LogP contribution in [0.15, 0.2) is 5.16 Å². The Morgan fingerprint density at radius 3 is 2.32 bits per heavy atom. The van der Waals surface area contributed by atoms with Crippen LogP contribution in [0, 0.1) is 11.8 Å². The predicted octanol–water partition coefficient (Wildman–Crippen LogP) is 3.49. The van der Waals surface area contributed by atoms with Crippen molar-refractivity contribution in [1.29, 1.82) is 0 Å². The maximum absolute atomic E-state index is 11.8. The summed E-state index contributed by atoms with van der Waals surface area (Å²) in [5.41, 5.74) is -0.791. The minimum absolute atomic E-state index is 0.00931. The van der Waals surface area contributed by atoms with Gasteiger partial charge in [0.15, 0.2) is 0 Å². The summed E-state index contributed by atoms with van der Waals surface area (Å²) in [7, 11) is 0. The summed E-state index contributed by atoms with van der Waals surface area (Å²) in [4.78, 5) is 29.2. The van der Waals surface area contributed by atoms with Crippen molar-refractivity contribution in [3.05, 3.63) is 0 Å². The largest absolute Gasteiger partial charge is 0.461 e. The highest BCUT2D eigenvalue weighted by molar-refractivity contribution is 9.09. The van der Waals surface area contributed by atoms with Crippen LogP contribution in [0.1, 0.15) is 53.4 Å². The van der Waals surface area contributed by atoms with E-state index in [1.807, 2.05) is 13.8 Å². The van der Waals surface area contributed by atoms with Gasteiger partial charge in [0.25, 0.3) is 0 Å². The van der Waals surface area contributed by atoms with Crippen molar-refractivity contribution >= 4 is 33.4 Å². The average molecular weight is 376 g/mol. The number of Topliss-reactive ketones (excluding diaryl/α,β-unsaturated/α-hetero) is 1. The van der Waals surface area contributed by atoms with Crippen LogP contribution in [0.25, 0.3) is 0 Å². The van der Waals surface area contributed by atoms with E-state index >= 15 is 0 Å². The summed E-state index contributed by atoms with van der Waals surface area (Å²) in [6, 6.07) is 0. The van der Waals surface area contributed by atoms with Gasteiger partial charge in [0.1, 0.15) is 5.60 Å². The minimum atomic E-state index is -0.736. The Labute approximate surface area is 140 Å². The maximum Gasteiger partial charge on any atom is 0.364 e. The van der Waals surface area contributed by atoms with E-state index in [4.69, 9.17) is 9.57 Å². The fourth-order valence-corrected chi connectivity index (χ4v) is 2.92. The lowest BCUT2D eigenvalue weighted by atomic mass is 9.75. The number of carbonyl (C=O) groups excluding carboxylic acids is 2. The summed E-state index contributed by atoms with van der Waals surface area (Å²) >= 11 is 3.04. The molecule has 1 saturated carbocycles. The summed E-state index contributed by atoms with van der Waals surface area (Å²) in [6.07, 6.45) is 4.49. The van der Waals surface area contributed by atoms with E-state index in [1.165, 1.54) is 12.8 Å². The lowest BCUT2D eigenvalue weighted by Gasteiger charge is -2.36. The van der Waals surface area contributed by atoms with Crippen molar-refractivity contribution in [2.24, 2.45) is 17.0 Å². The molecule has 0 N–H and O–H groups in total. The molecule has 6 heteroatoms. The van der Waals surface area contributed by atoms with Crippen LogP contribution in [0.4, 0.5) is 0 Å². The number of ether oxygens (including phenoxy) is 1. The van der Waals surface area contributed by atoms with Gasteiger partial charge in [-0.2, -0.15) is 0 Å². The fraction of sp³-hybridized carbons (Fsp3) is 0.812. The number of esters is 1. The van der Waals surface area contributed by atoms with Crippen LogP contribution in [0.5, 0.6) is 0 Å². The zero-order chi connectivity index (χ0) is 16.8. The molecule has 1 rings (SSSR count). The van der Waals surface area contributed by atoms with E-state index in [0.29, 0.717) is 5.92 Å². The molecule has 0 aromatic rings. The third-order valence-corrected chi connectivity index (χ3v) is 4.73. The van der Waals surface area contributed by atoms with Gasteiger partial charge >= 0.3 is 5.97 Å². The Morgan fingerprint density at radius 2 is 1.82 bits per heavy atom. The molecule has 0 aromatic heterocycles. The highest BCUT2D eigenvalue weighted by atomic mass is 79.9. The first-order valence-corrected chi connectivity index (χ1v) is 8.96. The van der Waals surface area contributed by atoms with E-state index in [1.54, 1.807) is 6.92 Å². The third-order valence-electron chi connectivity index (χ3n) is 4.23. The van der Waals surface area contributed by atoms with Crippen molar-refractivity contribution in [2.45, 2.75) is 59.0 Å². The van der Waals surface area contributed by atoms with E-state index in [-0.39, 0.29) is 17.6 Å². The minimum Gasteiger partial charge on any atom is -0.461 e. The molecule has 0 amide bonds. The molecule has 0 heterocycles.